The number of ether oxygens (including phenoxy) is 1. The molecule has 7 nitrogen and oxygen atoms in total. The summed E-state index contributed by atoms with van der Waals surface area (Å²) in [4.78, 5) is 45.3. The zero-order chi connectivity index (χ0) is 20.9. The van der Waals surface area contributed by atoms with Crippen molar-refractivity contribution in [1.82, 2.24) is 14.9 Å². The molecule has 3 heterocycles. The fourth-order valence-corrected chi connectivity index (χ4v) is 4.28. The van der Waals surface area contributed by atoms with Crippen molar-refractivity contribution in [3.05, 3.63) is 57.5 Å². The van der Waals surface area contributed by atoms with Crippen LogP contribution in [-0.2, 0) is 17.7 Å². The lowest BCUT2D eigenvalue weighted by Gasteiger charge is -2.27. The highest BCUT2D eigenvalue weighted by molar-refractivity contribution is 6.03. The van der Waals surface area contributed by atoms with Crippen molar-refractivity contribution in [2.24, 2.45) is 0 Å². The number of H-pyrrole nitrogens is 2. The average molecular weight is 393 g/mol. The van der Waals surface area contributed by atoms with E-state index in [2.05, 4.69) is 9.97 Å². The number of benzene rings is 1. The van der Waals surface area contributed by atoms with Crippen LogP contribution in [0.1, 0.15) is 60.6 Å². The maximum atomic E-state index is 13.2. The van der Waals surface area contributed by atoms with Gasteiger partial charge in [0, 0.05) is 52.9 Å². The number of rotatable bonds is 3. The van der Waals surface area contributed by atoms with Crippen molar-refractivity contribution in [1.29, 1.82) is 0 Å². The van der Waals surface area contributed by atoms with Gasteiger partial charge >= 0.3 is 5.97 Å². The van der Waals surface area contributed by atoms with Gasteiger partial charge in [-0.15, -0.1) is 0 Å². The van der Waals surface area contributed by atoms with Crippen LogP contribution in [0.25, 0.3) is 10.9 Å². The second-order valence-corrected chi connectivity index (χ2v) is 7.49. The first-order valence-electron chi connectivity index (χ1n) is 9.53. The molecule has 0 bridgehead atoms. The first kappa shape index (κ1) is 19.0. The Morgan fingerprint density at radius 1 is 1.14 bits per heavy atom. The Balaban J connectivity index is 1.69. The van der Waals surface area contributed by atoms with Gasteiger partial charge < -0.3 is 19.6 Å². The lowest BCUT2D eigenvalue weighted by Crippen LogP contribution is -2.36. The summed E-state index contributed by atoms with van der Waals surface area (Å²) in [5.74, 6) is -0.565. The molecule has 3 aromatic rings. The third kappa shape index (κ3) is 3.03. The molecule has 4 rings (SSSR count). The Morgan fingerprint density at radius 3 is 2.55 bits per heavy atom. The monoisotopic (exact) mass is 393 g/mol. The first-order valence-corrected chi connectivity index (χ1v) is 9.53. The maximum absolute atomic E-state index is 13.2. The molecule has 0 aliphatic carbocycles. The maximum Gasteiger partial charge on any atom is 0.337 e. The predicted octanol–water partition coefficient (Wildman–Crippen LogP) is 3.30. The number of hydrogen-bond donors (Lipinski definition) is 2. The van der Waals surface area contributed by atoms with Crippen molar-refractivity contribution in [2.45, 2.75) is 33.7 Å². The number of aromatic nitrogens is 2. The van der Waals surface area contributed by atoms with E-state index in [1.54, 1.807) is 17.9 Å². The highest BCUT2D eigenvalue weighted by Gasteiger charge is 2.28. The van der Waals surface area contributed by atoms with E-state index in [9.17, 15) is 14.4 Å². The number of methoxy groups -OCH3 is 1. The van der Waals surface area contributed by atoms with Gasteiger partial charge in [0.2, 0.25) is 0 Å². The summed E-state index contributed by atoms with van der Waals surface area (Å²) in [6.07, 6.45) is 0.696. The normalized spacial score (nSPS) is 13.4. The Kier molecular flexibility index (Phi) is 4.53. The van der Waals surface area contributed by atoms with Gasteiger partial charge in [0.05, 0.1) is 12.7 Å². The van der Waals surface area contributed by atoms with Crippen LogP contribution in [0.2, 0.25) is 0 Å². The Labute approximate surface area is 168 Å². The average Bonchev–Trinajstić information content (AvgIpc) is 3.22. The highest BCUT2D eigenvalue weighted by atomic mass is 16.5. The second kappa shape index (κ2) is 6.92. The Morgan fingerprint density at radius 2 is 1.90 bits per heavy atom. The van der Waals surface area contributed by atoms with Crippen LogP contribution < -0.4 is 0 Å². The predicted molar refractivity (Wildman–Crippen MR) is 108 cm³/mol. The van der Waals surface area contributed by atoms with Crippen LogP contribution in [0.3, 0.4) is 0 Å². The number of esters is 1. The largest absolute Gasteiger partial charge is 0.465 e. The van der Waals surface area contributed by atoms with Crippen LogP contribution >= 0.6 is 0 Å². The van der Waals surface area contributed by atoms with Gasteiger partial charge in [-0.2, -0.15) is 0 Å². The van der Waals surface area contributed by atoms with Crippen LogP contribution in [0.4, 0.5) is 0 Å². The number of hydrogen-bond acceptors (Lipinski definition) is 4. The Bertz CT molecular complexity index is 1170. The zero-order valence-corrected chi connectivity index (χ0v) is 16.9. The molecule has 1 aliphatic rings. The summed E-state index contributed by atoms with van der Waals surface area (Å²) in [6, 6.07) is 5.40. The lowest BCUT2D eigenvalue weighted by atomic mass is 10.0. The molecule has 0 saturated heterocycles. The lowest BCUT2D eigenvalue weighted by molar-refractivity contribution is 0.0600. The Hall–Kier alpha value is -3.35. The molecule has 0 radical (unpaired) electrons. The molecule has 0 atom stereocenters. The fourth-order valence-electron chi connectivity index (χ4n) is 4.28. The minimum absolute atomic E-state index is 0.0526. The van der Waals surface area contributed by atoms with Crippen LogP contribution in [-0.4, -0.2) is 46.2 Å². The molecule has 0 unspecified atom stereocenters. The number of Topliss-reactive ketones (excluding diaryl/α,β-unsaturated/α-hetero) is 1. The third-order valence-electron chi connectivity index (χ3n) is 5.69. The van der Waals surface area contributed by atoms with Crippen molar-refractivity contribution >= 4 is 28.6 Å². The number of carbonyl (C=O) groups is 3. The van der Waals surface area contributed by atoms with Crippen LogP contribution in [0.5, 0.6) is 0 Å². The molecular weight excluding hydrogens is 370 g/mol. The number of nitrogens with one attached hydrogen (secondary N) is 2. The number of fused-ring (bicyclic) bond motifs is 3. The van der Waals surface area contributed by atoms with Gasteiger partial charge in [-0.05, 0) is 44.5 Å². The van der Waals surface area contributed by atoms with Gasteiger partial charge in [0.1, 0.15) is 5.69 Å². The number of carbonyl (C=O) groups excluding carboxylic acids is 3. The number of ketones is 1. The molecule has 1 amide bonds. The quantitative estimate of drug-likeness (QED) is 0.527. The zero-order valence-electron chi connectivity index (χ0n) is 16.9. The molecule has 0 saturated carbocycles. The molecule has 0 fully saturated rings. The molecule has 2 aromatic heterocycles. The summed E-state index contributed by atoms with van der Waals surface area (Å²) < 4.78 is 4.82. The van der Waals surface area contributed by atoms with Crippen LogP contribution in [0, 0.1) is 13.8 Å². The highest BCUT2D eigenvalue weighted by Crippen LogP contribution is 2.30. The molecule has 1 aliphatic heterocycles. The van der Waals surface area contributed by atoms with Crippen molar-refractivity contribution < 1.29 is 19.1 Å². The van der Waals surface area contributed by atoms with E-state index in [1.165, 1.54) is 14.0 Å². The molecule has 7 heteroatoms. The molecule has 2 N–H and O–H groups in total. The van der Waals surface area contributed by atoms with E-state index in [-0.39, 0.29) is 17.7 Å². The SMILES string of the molecule is COC(=O)c1ccc2[nH]c3c(c2c1)CN(C(=O)c1[nH]c(C)c(C(C)=O)c1C)CC3. The molecule has 29 heavy (non-hydrogen) atoms. The minimum atomic E-state index is -0.389. The van der Waals surface area contributed by atoms with E-state index in [1.807, 2.05) is 19.1 Å². The van der Waals surface area contributed by atoms with Gasteiger partial charge in [-0.3, -0.25) is 9.59 Å². The third-order valence-corrected chi connectivity index (χ3v) is 5.69. The summed E-state index contributed by atoms with van der Waals surface area (Å²) in [6.45, 7) is 6.14. The molecule has 0 spiro atoms. The van der Waals surface area contributed by atoms with Gasteiger partial charge in [0.15, 0.2) is 5.78 Å². The number of nitrogens with zero attached hydrogens (tertiary/aromatic N) is 1. The van der Waals surface area contributed by atoms with Crippen molar-refractivity contribution in [2.75, 3.05) is 13.7 Å². The minimum Gasteiger partial charge on any atom is -0.465 e. The topological polar surface area (TPSA) is 95.3 Å². The number of amides is 1. The van der Waals surface area contributed by atoms with E-state index in [0.717, 1.165) is 22.2 Å². The van der Waals surface area contributed by atoms with Gasteiger partial charge in [-0.25, -0.2) is 4.79 Å². The van der Waals surface area contributed by atoms with Crippen LogP contribution in [0.15, 0.2) is 18.2 Å². The summed E-state index contributed by atoms with van der Waals surface area (Å²) in [5.41, 5.74) is 5.96. The van der Waals surface area contributed by atoms with E-state index in [4.69, 9.17) is 4.74 Å². The van der Waals surface area contributed by atoms with E-state index in [0.29, 0.717) is 47.6 Å². The second-order valence-electron chi connectivity index (χ2n) is 7.49. The fraction of sp³-hybridized carbons (Fsp3) is 0.318. The van der Waals surface area contributed by atoms with Gasteiger partial charge in [0.25, 0.3) is 5.91 Å². The standard InChI is InChI=1S/C22H23N3O4/c1-11-19(13(3)26)12(2)23-20(11)21(27)25-8-7-18-16(10-25)15-9-14(22(28)29-4)5-6-17(15)24-18/h5-6,9,23-24H,7-8,10H2,1-4H3. The van der Waals surface area contributed by atoms with Gasteiger partial charge in [-0.1, -0.05) is 0 Å². The molecular formula is C22H23N3O4. The first-order chi connectivity index (χ1) is 13.8. The smallest absolute Gasteiger partial charge is 0.337 e. The van der Waals surface area contributed by atoms with Crippen molar-refractivity contribution in [3.8, 4) is 0 Å². The summed E-state index contributed by atoms with van der Waals surface area (Å²) in [7, 11) is 1.36. The van der Waals surface area contributed by atoms with E-state index < -0.39 is 0 Å². The number of aromatic amines is 2. The summed E-state index contributed by atoms with van der Waals surface area (Å²) >= 11 is 0. The van der Waals surface area contributed by atoms with E-state index >= 15 is 0 Å². The molecule has 1 aromatic carbocycles. The number of aryl methyl sites for hydroxylation is 1. The summed E-state index contributed by atoms with van der Waals surface area (Å²) in [5, 5.41) is 0.921. The molecule has 150 valence electrons. The van der Waals surface area contributed by atoms with Crippen molar-refractivity contribution in [3.63, 3.8) is 0 Å².